The van der Waals surface area contributed by atoms with Gasteiger partial charge in [0, 0.05) is 48.5 Å². The van der Waals surface area contributed by atoms with Gasteiger partial charge in [0.05, 0.1) is 0 Å². The zero-order chi connectivity index (χ0) is 17.9. The van der Waals surface area contributed by atoms with Gasteiger partial charge in [0.2, 0.25) is 0 Å². The summed E-state index contributed by atoms with van der Waals surface area (Å²) in [5.74, 6) is 2.31. The van der Waals surface area contributed by atoms with Gasteiger partial charge < -0.3 is 14.8 Å². The van der Waals surface area contributed by atoms with Gasteiger partial charge in [-0.15, -0.1) is 11.8 Å². The fraction of sp³-hybridized carbons (Fsp3) is 0.500. The lowest BCUT2D eigenvalue weighted by molar-refractivity contribution is 0.190. The average molecular weight is 371 g/mol. The van der Waals surface area contributed by atoms with Crippen molar-refractivity contribution in [1.82, 2.24) is 14.5 Å². The first-order valence-corrected chi connectivity index (χ1v) is 10.7. The second-order valence-electron chi connectivity index (χ2n) is 7.33. The van der Waals surface area contributed by atoms with E-state index in [0.717, 1.165) is 54.8 Å². The Morgan fingerprint density at radius 2 is 2.23 bits per heavy atom. The summed E-state index contributed by atoms with van der Waals surface area (Å²) in [4.78, 5) is 20.5. The zero-order valence-electron chi connectivity index (χ0n) is 15.2. The topological polar surface area (TPSA) is 50.2 Å². The molecule has 2 amide bonds. The number of nitrogens with zero attached hydrogens (tertiary/aromatic N) is 3. The summed E-state index contributed by atoms with van der Waals surface area (Å²) in [5, 5.41) is 3.06. The van der Waals surface area contributed by atoms with Gasteiger partial charge >= 0.3 is 6.03 Å². The van der Waals surface area contributed by atoms with Crippen molar-refractivity contribution >= 4 is 23.5 Å². The number of anilines is 1. The summed E-state index contributed by atoms with van der Waals surface area (Å²) in [6.45, 7) is 2.64. The average Bonchev–Trinajstić information content (AvgIpc) is 3.37. The Labute approximate surface area is 159 Å². The molecule has 2 aliphatic rings. The van der Waals surface area contributed by atoms with Crippen molar-refractivity contribution in [2.75, 3.05) is 24.7 Å². The number of imidazole rings is 1. The van der Waals surface area contributed by atoms with Gasteiger partial charge in [0.25, 0.3) is 0 Å². The number of carbonyl (C=O) groups is 1. The summed E-state index contributed by atoms with van der Waals surface area (Å²) in [5.41, 5.74) is 0.860. The summed E-state index contributed by atoms with van der Waals surface area (Å²) in [6.07, 6.45) is 10.9. The van der Waals surface area contributed by atoms with E-state index in [2.05, 4.69) is 27.1 Å². The van der Waals surface area contributed by atoms with Crippen LogP contribution in [0.4, 0.5) is 10.5 Å². The van der Waals surface area contributed by atoms with E-state index in [0.29, 0.717) is 5.92 Å². The van der Waals surface area contributed by atoms with E-state index < -0.39 is 0 Å². The Kier molecular flexibility index (Phi) is 5.20. The van der Waals surface area contributed by atoms with Gasteiger partial charge in [-0.1, -0.05) is 6.07 Å². The van der Waals surface area contributed by atoms with Crippen LogP contribution in [-0.2, 0) is 6.54 Å². The Balaban J connectivity index is 1.41. The van der Waals surface area contributed by atoms with Gasteiger partial charge in [-0.3, -0.25) is 0 Å². The number of hydrogen-bond donors (Lipinski definition) is 1. The Bertz CT molecular complexity index is 771. The first-order chi connectivity index (χ1) is 12.7. The van der Waals surface area contributed by atoms with Crippen LogP contribution in [0.2, 0.25) is 0 Å². The zero-order valence-corrected chi connectivity index (χ0v) is 16.0. The van der Waals surface area contributed by atoms with Gasteiger partial charge in [0.1, 0.15) is 5.82 Å². The molecule has 4 rings (SSSR count). The minimum Gasteiger partial charge on any atom is -0.334 e. The molecule has 2 aromatic rings. The largest absolute Gasteiger partial charge is 0.334 e. The maximum Gasteiger partial charge on any atom is 0.321 e. The lowest BCUT2D eigenvalue weighted by Gasteiger charge is -2.32. The molecule has 2 fully saturated rings. The van der Waals surface area contributed by atoms with Crippen LogP contribution in [0.1, 0.15) is 37.4 Å². The molecule has 1 aliphatic carbocycles. The number of carbonyl (C=O) groups excluding carboxylic acids is 1. The van der Waals surface area contributed by atoms with E-state index in [4.69, 9.17) is 0 Å². The van der Waals surface area contributed by atoms with Crippen molar-refractivity contribution in [3.63, 3.8) is 0 Å². The number of thioether (sulfide) groups is 1. The minimum absolute atomic E-state index is 0.00625. The predicted molar refractivity (Wildman–Crippen MR) is 106 cm³/mol. The third-order valence-corrected chi connectivity index (χ3v) is 6.02. The predicted octanol–water partition coefficient (Wildman–Crippen LogP) is 4.43. The second-order valence-corrected chi connectivity index (χ2v) is 8.21. The number of urea groups is 1. The van der Waals surface area contributed by atoms with Crippen LogP contribution in [0.25, 0.3) is 0 Å². The number of amides is 2. The highest BCUT2D eigenvalue weighted by atomic mass is 32.2. The molecule has 2 heterocycles. The molecule has 1 atom stereocenters. The summed E-state index contributed by atoms with van der Waals surface area (Å²) in [6, 6.07) is 7.99. The second kappa shape index (κ2) is 7.74. The van der Waals surface area contributed by atoms with E-state index >= 15 is 0 Å². The van der Waals surface area contributed by atoms with E-state index in [1.54, 1.807) is 11.8 Å². The van der Waals surface area contributed by atoms with Gasteiger partial charge in [-0.25, -0.2) is 9.78 Å². The number of hydrogen-bond acceptors (Lipinski definition) is 3. The number of benzene rings is 1. The molecule has 5 nitrogen and oxygen atoms in total. The number of likely N-dealkylation sites (tertiary alicyclic amines) is 1. The van der Waals surface area contributed by atoms with Crippen LogP contribution < -0.4 is 5.32 Å². The van der Waals surface area contributed by atoms with Crippen LogP contribution >= 0.6 is 11.8 Å². The number of rotatable bonds is 5. The molecule has 0 bridgehead atoms. The number of nitrogens with one attached hydrogen (secondary N) is 1. The lowest BCUT2D eigenvalue weighted by Crippen LogP contribution is -2.42. The molecule has 138 valence electrons. The summed E-state index contributed by atoms with van der Waals surface area (Å²) >= 11 is 1.68. The fourth-order valence-corrected chi connectivity index (χ4v) is 4.15. The molecule has 26 heavy (non-hydrogen) atoms. The maximum atomic E-state index is 12.7. The van der Waals surface area contributed by atoms with Crippen molar-refractivity contribution in [2.45, 2.75) is 43.0 Å². The van der Waals surface area contributed by atoms with Crippen LogP contribution in [-0.4, -0.2) is 39.8 Å². The van der Waals surface area contributed by atoms with Crippen molar-refractivity contribution in [3.8, 4) is 0 Å². The Hall–Kier alpha value is -1.95. The maximum absolute atomic E-state index is 12.7. The first kappa shape index (κ1) is 17.5. The molecule has 0 spiro atoms. The third-order valence-electron chi connectivity index (χ3n) is 5.29. The van der Waals surface area contributed by atoms with Gasteiger partial charge in [-0.05, 0) is 56.1 Å². The van der Waals surface area contributed by atoms with E-state index in [-0.39, 0.29) is 6.03 Å². The Morgan fingerprint density at radius 3 is 3.04 bits per heavy atom. The fourth-order valence-electron chi connectivity index (χ4n) is 3.69. The SMILES string of the molecule is CSc1cccc(NC(=O)N2CCCC(c3nccn3CC3CC3)C2)c1. The van der Waals surface area contributed by atoms with Crippen LogP contribution in [0.3, 0.4) is 0 Å². The first-order valence-electron chi connectivity index (χ1n) is 9.44. The highest BCUT2D eigenvalue weighted by molar-refractivity contribution is 7.98. The highest BCUT2D eigenvalue weighted by Gasteiger charge is 2.29. The lowest BCUT2D eigenvalue weighted by atomic mass is 9.97. The molecule has 1 saturated carbocycles. The van der Waals surface area contributed by atoms with Crippen LogP contribution in [0.15, 0.2) is 41.6 Å². The van der Waals surface area contributed by atoms with Crippen molar-refractivity contribution < 1.29 is 4.79 Å². The smallest absolute Gasteiger partial charge is 0.321 e. The molecule has 1 saturated heterocycles. The van der Waals surface area contributed by atoms with Crippen molar-refractivity contribution in [1.29, 1.82) is 0 Å². The molecule has 6 heteroatoms. The molecule has 1 aliphatic heterocycles. The molecule has 0 radical (unpaired) electrons. The standard InChI is InChI=1S/C20H26N4OS/c1-26-18-6-2-5-17(12-18)22-20(25)24-10-3-4-16(14-24)19-21-9-11-23(19)13-15-7-8-15/h2,5-6,9,11-12,15-16H,3-4,7-8,10,13-14H2,1H3,(H,22,25). The molecular formula is C20H26N4OS. The summed E-state index contributed by atoms with van der Waals surface area (Å²) < 4.78 is 2.31. The summed E-state index contributed by atoms with van der Waals surface area (Å²) in [7, 11) is 0. The van der Waals surface area contributed by atoms with Gasteiger partial charge in [0.15, 0.2) is 0 Å². The Morgan fingerprint density at radius 1 is 1.35 bits per heavy atom. The quantitative estimate of drug-likeness (QED) is 0.792. The third kappa shape index (κ3) is 4.06. The number of aromatic nitrogens is 2. The monoisotopic (exact) mass is 370 g/mol. The van der Waals surface area contributed by atoms with E-state index in [9.17, 15) is 4.79 Å². The van der Waals surface area contributed by atoms with Crippen molar-refractivity contribution in [3.05, 3.63) is 42.5 Å². The minimum atomic E-state index is -0.00625. The van der Waals surface area contributed by atoms with E-state index in [1.165, 1.54) is 12.8 Å². The molecule has 1 aromatic heterocycles. The van der Waals surface area contributed by atoms with Gasteiger partial charge in [-0.2, -0.15) is 0 Å². The number of piperidine rings is 1. The van der Waals surface area contributed by atoms with Crippen LogP contribution in [0, 0.1) is 5.92 Å². The molecule has 1 unspecified atom stereocenters. The highest BCUT2D eigenvalue weighted by Crippen LogP contribution is 2.33. The molecule has 1 N–H and O–H groups in total. The molecular weight excluding hydrogens is 344 g/mol. The van der Waals surface area contributed by atoms with Crippen molar-refractivity contribution in [2.24, 2.45) is 5.92 Å². The normalized spacial score (nSPS) is 20.2. The van der Waals surface area contributed by atoms with E-state index in [1.807, 2.05) is 35.6 Å². The van der Waals surface area contributed by atoms with Crippen LogP contribution in [0.5, 0.6) is 0 Å². The molecule has 1 aromatic carbocycles.